The van der Waals surface area contributed by atoms with E-state index in [0.717, 1.165) is 19.6 Å². The lowest BCUT2D eigenvalue weighted by molar-refractivity contribution is 0.0953. The van der Waals surface area contributed by atoms with E-state index in [4.69, 9.17) is 4.74 Å². The smallest absolute Gasteiger partial charge is 0.0594 e. The fraction of sp³-hybridized carbons (Fsp3) is 0.684. The summed E-state index contributed by atoms with van der Waals surface area (Å²) in [5.41, 5.74) is 3.02. The lowest BCUT2D eigenvalue weighted by Crippen LogP contribution is -2.32. The monoisotopic (exact) mass is 289 g/mol. The van der Waals surface area contributed by atoms with Crippen molar-refractivity contribution in [2.45, 2.75) is 65.0 Å². The van der Waals surface area contributed by atoms with Crippen LogP contribution in [0.5, 0.6) is 0 Å². The maximum absolute atomic E-state index is 5.79. The van der Waals surface area contributed by atoms with Gasteiger partial charge in [-0.15, -0.1) is 0 Å². The summed E-state index contributed by atoms with van der Waals surface area (Å²) in [7, 11) is 0. The van der Waals surface area contributed by atoms with Gasteiger partial charge in [0.2, 0.25) is 0 Å². The van der Waals surface area contributed by atoms with Crippen LogP contribution >= 0.6 is 0 Å². The third kappa shape index (κ3) is 4.08. The van der Waals surface area contributed by atoms with Gasteiger partial charge >= 0.3 is 0 Å². The third-order valence-electron chi connectivity index (χ3n) is 4.61. The molecule has 118 valence electrons. The maximum atomic E-state index is 5.79. The first-order chi connectivity index (χ1) is 9.93. The van der Waals surface area contributed by atoms with Crippen molar-refractivity contribution in [2.75, 3.05) is 13.2 Å². The van der Waals surface area contributed by atoms with Crippen LogP contribution in [0.2, 0.25) is 0 Å². The van der Waals surface area contributed by atoms with E-state index in [2.05, 4.69) is 64.2 Å². The average Bonchev–Trinajstić information content (AvgIpc) is 2.85. The first-order valence-corrected chi connectivity index (χ1v) is 8.39. The standard InChI is InChI=1S/C19H31NO/c1-6-12-20-18(17-11-13-21-14(17)2)15-7-9-16(10-8-15)19(3,4)5/h7-10,14,17-18,20H,6,11-13H2,1-5H3. The van der Waals surface area contributed by atoms with E-state index in [1.807, 2.05) is 0 Å². The first kappa shape index (κ1) is 16.5. The highest BCUT2D eigenvalue weighted by molar-refractivity contribution is 5.30. The third-order valence-corrected chi connectivity index (χ3v) is 4.61. The Kier molecular flexibility index (Phi) is 5.45. The van der Waals surface area contributed by atoms with Crippen molar-refractivity contribution in [2.24, 2.45) is 5.92 Å². The van der Waals surface area contributed by atoms with Gasteiger partial charge in [-0.05, 0) is 42.9 Å². The van der Waals surface area contributed by atoms with Crippen molar-refractivity contribution in [3.63, 3.8) is 0 Å². The zero-order chi connectivity index (χ0) is 15.5. The van der Waals surface area contributed by atoms with Crippen LogP contribution in [0.15, 0.2) is 24.3 Å². The van der Waals surface area contributed by atoms with E-state index in [1.54, 1.807) is 0 Å². The number of rotatable bonds is 5. The van der Waals surface area contributed by atoms with Gasteiger partial charge in [-0.25, -0.2) is 0 Å². The van der Waals surface area contributed by atoms with Crippen molar-refractivity contribution in [1.82, 2.24) is 5.32 Å². The molecule has 2 heteroatoms. The van der Waals surface area contributed by atoms with Crippen molar-refractivity contribution in [3.8, 4) is 0 Å². The highest BCUT2D eigenvalue weighted by atomic mass is 16.5. The summed E-state index contributed by atoms with van der Waals surface area (Å²) in [5.74, 6) is 0.581. The van der Waals surface area contributed by atoms with Crippen LogP contribution < -0.4 is 5.32 Å². The molecular formula is C19H31NO. The second kappa shape index (κ2) is 6.93. The van der Waals surface area contributed by atoms with Gasteiger partial charge in [-0.3, -0.25) is 0 Å². The summed E-state index contributed by atoms with van der Waals surface area (Å²) >= 11 is 0. The van der Waals surface area contributed by atoms with Gasteiger partial charge in [-0.1, -0.05) is 52.0 Å². The number of hydrogen-bond donors (Lipinski definition) is 1. The van der Waals surface area contributed by atoms with Crippen LogP contribution in [-0.4, -0.2) is 19.3 Å². The molecule has 0 bridgehead atoms. The largest absolute Gasteiger partial charge is 0.378 e. The molecule has 1 saturated heterocycles. The van der Waals surface area contributed by atoms with Gasteiger partial charge in [0.1, 0.15) is 0 Å². The van der Waals surface area contributed by atoms with Crippen LogP contribution in [0.3, 0.4) is 0 Å². The Labute approximate surface area is 130 Å². The average molecular weight is 289 g/mol. The zero-order valence-electron chi connectivity index (χ0n) is 14.3. The summed E-state index contributed by atoms with van der Waals surface area (Å²) in [6.45, 7) is 13.2. The highest BCUT2D eigenvalue weighted by Gasteiger charge is 2.32. The van der Waals surface area contributed by atoms with Crippen molar-refractivity contribution in [1.29, 1.82) is 0 Å². The van der Waals surface area contributed by atoms with Crippen LogP contribution in [0.1, 0.15) is 64.6 Å². The second-order valence-electron chi connectivity index (χ2n) is 7.33. The van der Waals surface area contributed by atoms with Gasteiger partial charge in [0.15, 0.2) is 0 Å². The fourth-order valence-corrected chi connectivity index (χ4v) is 3.19. The fourth-order valence-electron chi connectivity index (χ4n) is 3.19. The quantitative estimate of drug-likeness (QED) is 0.864. The van der Waals surface area contributed by atoms with E-state index in [9.17, 15) is 0 Å². The molecular weight excluding hydrogens is 258 g/mol. The number of benzene rings is 1. The molecule has 0 aromatic heterocycles. The Morgan fingerprint density at radius 3 is 2.38 bits per heavy atom. The van der Waals surface area contributed by atoms with Crippen LogP contribution in [0, 0.1) is 5.92 Å². The molecule has 1 aromatic carbocycles. The molecule has 0 amide bonds. The van der Waals surface area contributed by atoms with Crippen LogP contribution in [0.4, 0.5) is 0 Å². The lowest BCUT2D eigenvalue weighted by Gasteiger charge is -2.28. The van der Waals surface area contributed by atoms with E-state index in [-0.39, 0.29) is 5.41 Å². The molecule has 0 saturated carbocycles. The summed E-state index contributed by atoms with van der Waals surface area (Å²) < 4.78 is 5.79. The molecule has 3 atom stereocenters. The summed E-state index contributed by atoms with van der Waals surface area (Å²) in [6.07, 6.45) is 2.67. The Morgan fingerprint density at radius 2 is 1.90 bits per heavy atom. The number of nitrogens with one attached hydrogen (secondary N) is 1. The SMILES string of the molecule is CCCNC(c1ccc(C(C)(C)C)cc1)C1CCOC1C. The van der Waals surface area contributed by atoms with E-state index >= 15 is 0 Å². The minimum absolute atomic E-state index is 0.217. The molecule has 21 heavy (non-hydrogen) atoms. The zero-order valence-corrected chi connectivity index (χ0v) is 14.3. The molecule has 1 N–H and O–H groups in total. The Balaban J connectivity index is 2.20. The van der Waals surface area contributed by atoms with Crippen LogP contribution in [-0.2, 0) is 10.2 Å². The summed E-state index contributed by atoms with van der Waals surface area (Å²) in [5, 5.41) is 3.74. The molecule has 1 aliphatic heterocycles. The second-order valence-corrected chi connectivity index (χ2v) is 7.33. The number of hydrogen-bond acceptors (Lipinski definition) is 2. The van der Waals surface area contributed by atoms with Crippen molar-refractivity contribution < 1.29 is 4.74 Å². The normalized spacial score (nSPS) is 24.2. The predicted molar refractivity (Wildman–Crippen MR) is 89.7 cm³/mol. The Morgan fingerprint density at radius 1 is 1.24 bits per heavy atom. The van der Waals surface area contributed by atoms with Gasteiger partial charge in [0, 0.05) is 18.6 Å². The van der Waals surface area contributed by atoms with Gasteiger partial charge in [-0.2, -0.15) is 0 Å². The predicted octanol–water partition coefficient (Wildman–Crippen LogP) is 4.45. The molecule has 1 fully saturated rings. The van der Waals surface area contributed by atoms with Gasteiger partial charge in [0.25, 0.3) is 0 Å². The topological polar surface area (TPSA) is 21.3 Å². The highest BCUT2D eigenvalue weighted by Crippen LogP contribution is 2.34. The van der Waals surface area contributed by atoms with E-state index in [1.165, 1.54) is 17.5 Å². The summed E-state index contributed by atoms with van der Waals surface area (Å²) in [4.78, 5) is 0. The molecule has 0 spiro atoms. The molecule has 0 aliphatic carbocycles. The van der Waals surface area contributed by atoms with E-state index in [0.29, 0.717) is 18.1 Å². The summed E-state index contributed by atoms with van der Waals surface area (Å²) in [6, 6.07) is 9.60. The molecule has 2 rings (SSSR count). The van der Waals surface area contributed by atoms with Crippen LogP contribution in [0.25, 0.3) is 0 Å². The Hall–Kier alpha value is -0.860. The minimum atomic E-state index is 0.217. The lowest BCUT2D eigenvalue weighted by atomic mass is 9.84. The molecule has 1 heterocycles. The first-order valence-electron chi connectivity index (χ1n) is 8.39. The maximum Gasteiger partial charge on any atom is 0.0594 e. The molecule has 2 nitrogen and oxygen atoms in total. The van der Waals surface area contributed by atoms with Crippen molar-refractivity contribution >= 4 is 0 Å². The molecule has 1 aromatic rings. The molecule has 3 unspecified atom stereocenters. The van der Waals surface area contributed by atoms with E-state index < -0.39 is 0 Å². The Bertz CT molecular complexity index is 432. The molecule has 0 radical (unpaired) electrons. The van der Waals surface area contributed by atoms with Crippen molar-refractivity contribution in [3.05, 3.63) is 35.4 Å². The number of ether oxygens (including phenoxy) is 1. The molecule has 1 aliphatic rings. The van der Waals surface area contributed by atoms with Gasteiger partial charge < -0.3 is 10.1 Å². The minimum Gasteiger partial charge on any atom is -0.378 e. The van der Waals surface area contributed by atoms with Gasteiger partial charge in [0.05, 0.1) is 6.10 Å².